The number of nitrogens with two attached hydrogens (primary N) is 1. The zero-order valence-corrected chi connectivity index (χ0v) is 13.0. The molecule has 0 atom stereocenters. The normalized spacial score (nSPS) is 22.6. The number of nitrogen functional groups attached to an aromatic ring is 1. The van der Waals surface area contributed by atoms with Crippen LogP contribution in [0.4, 0.5) is 5.95 Å². The monoisotopic (exact) mass is 287 g/mol. The van der Waals surface area contributed by atoms with Crippen LogP contribution in [0.1, 0.15) is 39.0 Å². The highest BCUT2D eigenvalue weighted by Gasteiger charge is 2.22. The maximum atomic E-state index is 6.14. The minimum Gasteiger partial charge on any atom is -0.494 e. The number of benzene rings is 1. The smallest absolute Gasteiger partial charge is 0.201 e. The van der Waals surface area contributed by atoms with Crippen molar-refractivity contribution in [3.05, 3.63) is 18.2 Å². The van der Waals surface area contributed by atoms with Gasteiger partial charge >= 0.3 is 0 Å². The van der Waals surface area contributed by atoms with Crippen molar-refractivity contribution in [2.75, 3.05) is 12.8 Å². The Hall–Kier alpha value is -1.71. The van der Waals surface area contributed by atoms with Gasteiger partial charge in [-0.2, -0.15) is 0 Å². The number of rotatable bonds is 4. The van der Waals surface area contributed by atoms with E-state index in [0.717, 1.165) is 35.2 Å². The van der Waals surface area contributed by atoms with Crippen molar-refractivity contribution in [3.63, 3.8) is 0 Å². The van der Waals surface area contributed by atoms with E-state index in [1.807, 2.05) is 12.1 Å². The second-order valence-electron chi connectivity index (χ2n) is 6.20. The first kappa shape index (κ1) is 14.2. The van der Waals surface area contributed by atoms with Crippen molar-refractivity contribution >= 4 is 17.0 Å². The number of hydrogen-bond acceptors (Lipinski definition) is 3. The lowest BCUT2D eigenvalue weighted by Crippen LogP contribution is -2.19. The molecule has 1 saturated carbocycles. The Labute approximate surface area is 126 Å². The van der Waals surface area contributed by atoms with Crippen LogP contribution in [0.2, 0.25) is 0 Å². The van der Waals surface area contributed by atoms with Crippen LogP contribution in [-0.4, -0.2) is 16.7 Å². The summed E-state index contributed by atoms with van der Waals surface area (Å²) in [6.45, 7) is 3.28. The van der Waals surface area contributed by atoms with Gasteiger partial charge in [0.05, 0.1) is 12.6 Å². The van der Waals surface area contributed by atoms with Gasteiger partial charge < -0.3 is 15.0 Å². The Morgan fingerprint density at radius 1 is 1.24 bits per heavy atom. The summed E-state index contributed by atoms with van der Waals surface area (Å²) >= 11 is 0. The third-order valence-corrected chi connectivity index (χ3v) is 4.98. The van der Waals surface area contributed by atoms with Crippen molar-refractivity contribution in [2.24, 2.45) is 11.8 Å². The number of anilines is 1. The molecule has 2 aromatic rings. The molecule has 1 aliphatic rings. The first-order valence-electron chi connectivity index (χ1n) is 8.01. The fourth-order valence-electron chi connectivity index (χ4n) is 3.58. The first-order valence-corrected chi connectivity index (χ1v) is 8.01. The highest BCUT2D eigenvalue weighted by molar-refractivity contribution is 5.84. The van der Waals surface area contributed by atoms with Crippen molar-refractivity contribution in [1.29, 1.82) is 0 Å². The standard InChI is InChI=1S/C17H25N3O/c1-3-12-7-9-13(10-8-12)11-20-14-5-4-6-15(21-2)16(14)19-17(20)18/h4-6,12-13H,3,7-11H2,1-2H3,(H2,18,19). The van der Waals surface area contributed by atoms with Crippen LogP contribution in [0.5, 0.6) is 5.75 Å². The number of nitrogens with zero attached hydrogens (tertiary/aromatic N) is 2. The Morgan fingerprint density at radius 3 is 2.62 bits per heavy atom. The number of para-hydroxylation sites is 1. The van der Waals surface area contributed by atoms with Crippen LogP contribution in [0.3, 0.4) is 0 Å². The Morgan fingerprint density at radius 2 is 1.95 bits per heavy atom. The average molecular weight is 287 g/mol. The first-order chi connectivity index (χ1) is 10.2. The Kier molecular flexibility index (Phi) is 4.04. The van der Waals surface area contributed by atoms with Crippen LogP contribution in [0.15, 0.2) is 18.2 Å². The summed E-state index contributed by atoms with van der Waals surface area (Å²) in [7, 11) is 1.68. The minimum absolute atomic E-state index is 0.604. The number of aromatic nitrogens is 2. The largest absolute Gasteiger partial charge is 0.494 e. The fourth-order valence-corrected chi connectivity index (χ4v) is 3.58. The summed E-state index contributed by atoms with van der Waals surface area (Å²) in [5.41, 5.74) is 8.11. The highest BCUT2D eigenvalue weighted by Crippen LogP contribution is 2.34. The van der Waals surface area contributed by atoms with Gasteiger partial charge in [0.15, 0.2) is 0 Å². The summed E-state index contributed by atoms with van der Waals surface area (Å²) in [4.78, 5) is 4.50. The molecule has 0 unspecified atom stereocenters. The molecule has 1 aliphatic carbocycles. The van der Waals surface area contributed by atoms with Gasteiger partial charge in [-0.1, -0.05) is 32.3 Å². The predicted molar refractivity (Wildman–Crippen MR) is 86.4 cm³/mol. The van der Waals surface area contributed by atoms with Gasteiger partial charge in [-0.3, -0.25) is 0 Å². The van der Waals surface area contributed by atoms with Gasteiger partial charge in [-0.25, -0.2) is 4.98 Å². The molecule has 3 rings (SSSR count). The molecule has 21 heavy (non-hydrogen) atoms. The van der Waals surface area contributed by atoms with Gasteiger partial charge in [0.25, 0.3) is 0 Å². The molecular weight excluding hydrogens is 262 g/mol. The van der Waals surface area contributed by atoms with Gasteiger partial charge in [0.2, 0.25) is 5.95 Å². The quantitative estimate of drug-likeness (QED) is 0.929. The topological polar surface area (TPSA) is 53.1 Å². The lowest BCUT2D eigenvalue weighted by molar-refractivity contribution is 0.250. The molecular formula is C17H25N3O. The van der Waals surface area contributed by atoms with Crippen molar-refractivity contribution in [1.82, 2.24) is 9.55 Å². The Bertz CT molecular complexity index is 612. The van der Waals surface area contributed by atoms with E-state index >= 15 is 0 Å². The van der Waals surface area contributed by atoms with Gasteiger partial charge in [-0.05, 0) is 36.8 Å². The Balaban J connectivity index is 1.83. The maximum absolute atomic E-state index is 6.14. The average Bonchev–Trinajstić information content (AvgIpc) is 2.84. The van der Waals surface area contributed by atoms with Crippen LogP contribution >= 0.6 is 0 Å². The zero-order valence-electron chi connectivity index (χ0n) is 13.0. The lowest BCUT2D eigenvalue weighted by Gasteiger charge is -2.28. The van der Waals surface area contributed by atoms with Crippen LogP contribution < -0.4 is 10.5 Å². The summed E-state index contributed by atoms with van der Waals surface area (Å²) in [6, 6.07) is 6.03. The van der Waals surface area contributed by atoms with E-state index in [9.17, 15) is 0 Å². The number of methoxy groups -OCH3 is 1. The van der Waals surface area contributed by atoms with E-state index in [4.69, 9.17) is 10.5 Å². The van der Waals surface area contributed by atoms with Crippen molar-refractivity contribution in [2.45, 2.75) is 45.6 Å². The van der Waals surface area contributed by atoms with Crippen LogP contribution in [-0.2, 0) is 6.54 Å². The van der Waals surface area contributed by atoms with E-state index in [2.05, 4.69) is 22.5 Å². The molecule has 114 valence electrons. The highest BCUT2D eigenvalue weighted by atomic mass is 16.5. The van der Waals surface area contributed by atoms with Crippen LogP contribution in [0.25, 0.3) is 11.0 Å². The van der Waals surface area contributed by atoms with E-state index in [1.165, 1.54) is 32.1 Å². The SMILES string of the molecule is CCC1CCC(Cn2c(N)nc3c(OC)cccc32)CC1. The summed E-state index contributed by atoms with van der Waals surface area (Å²) < 4.78 is 7.54. The van der Waals surface area contributed by atoms with Crippen molar-refractivity contribution < 1.29 is 4.74 Å². The van der Waals surface area contributed by atoms with E-state index in [-0.39, 0.29) is 0 Å². The summed E-state index contributed by atoms with van der Waals surface area (Å²) in [5.74, 6) is 3.05. The molecule has 4 nitrogen and oxygen atoms in total. The number of hydrogen-bond donors (Lipinski definition) is 1. The van der Waals surface area contributed by atoms with E-state index in [0.29, 0.717) is 5.95 Å². The van der Waals surface area contributed by atoms with Crippen LogP contribution in [0, 0.1) is 11.8 Å². The van der Waals surface area contributed by atoms with Gasteiger partial charge in [0.1, 0.15) is 11.3 Å². The second-order valence-corrected chi connectivity index (χ2v) is 6.20. The fraction of sp³-hybridized carbons (Fsp3) is 0.588. The van der Waals surface area contributed by atoms with Crippen molar-refractivity contribution in [3.8, 4) is 5.75 Å². The second kappa shape index (κ2) is 5.96. The summed E-state index contributed by atoms with van der Waals surface area (Å²) in [5, 5.41) is 0. The number of ether oxygens (including phenoxy) is 1. The minimum atomic E-state index is 0.604. The molecule has 0 bridgehead atoms. The molecule has 1 fully saturated rings. The maximum Gasteiger partial charge on any atom is 0.201 e. The van der Waals surface area contributed by atoms with E-state index < -0.39 is 0 Å². The number of fused-ring (bicyclic) bond motifs is 1. The molecule has 0 amide bonds. The molecule has 1 aromatic heterocycles. The van der Waals surface area contributed by atoms with Gasteiger partial charge in [-0.15, -0.1) is 0 Å². The lowest BCUT2D eigenvalue weighted by atomic mass is 9.81. The third kappa shape index (κ3) is 2.71. The predicted octanol–water partition coefficient (Wildman–Crippen LogP) is 3.84. The molecule has 0 saturated heterocycles. The molecule has 0 aliphatic heterocycles. The third-order valence-electron chi connectivity index (χ3n) is 4.98. The molecule has 0 radical (unpaired) electrons. The molecule has 4 heteroatoms. The molecule has 2 N–H and O–H groups in total. The van der Waals surface area contributed by atoms with E-state index in [1.54, 1.807) is 7.11 Å². The molecule has 1 heterocycles. The van der Waals surface area contributed by atoms with Gasteiger partial charge in [0, 0.05) is 6.54 Å². The summed E-state index contributed by atoms with van der Waals surface area (Å²) in [6.07, 6.45) is 6.65. The number of imidazole rings is 1. The zero-order chi connectivity index (χ0) is 14.8. The molecule has 0 spiro atoms. The molecule has 1 aromatic carbocycles.